The van der Waals surface area contributed by atoms with Crippen molar-refractivity contribution in [3.63, 3.8) is 0 Å². The van der Waals surface area contributed by atoms with Gasteiger partial charge in [-0.3, -0.25) is 4.18 Å². The Bertz CT molecular complexity index is 610. The molecule has 2 rings (SSSR count). The second-order valence-electron chi connectivity index (χ2n) is 4.66. The second-order valence-corrected chi connectivity index (χ2v) is 6.87. The number of thiol groups is 1. The summed E-state index contributed by atoms with van der Waals surface area (Å²) in [6.45, 7) is 1.66. The Balaban J connectivity index is 1.92. The predicted octanol–water partition coefficient (Wildman–Crippen LogP) is 0.939. The summed E-state index contributed by atoms with van der Waals surface area (Å²) in [6, 6.07) is 6.32. The minimum atomic E-state index is -3.85. The zero-order chi connectivity index (χ0) is 15.6. The fourth-order valence-electron chi connectivity index (χ4n) is 1.83. The maximum atomic E-state index is 12.0. The van der Waals surface area contributed by atoms with Crippen LogP contribution in [0.5, 0.6) is 0 Å². The number of methoxy groups -OCH3 is 1. The zero-order valence-electron chi connectivity index (χ0n) is 11.6. The van der Waals surface area contributed by atoms with Crippen molar-refractivity contribution in [2.45, 2.75) is 29.3 Å². The van der Waals surface area contributed by atoms with Gasteiger partial charge in [0.05, 0.1) is 30.0 Å². The van der Waals surface area contributed by atoms with Gasteiger partial charge in [0.25, 0.3) is 10.1 Å². The Labute approximate surface area is 128 Å². The first-order chi connectivity index (χ1) is 9.85. The fourth-order valence-corrected chi connectivity index (χ4v) is 3.10. The van der Waals surface area contributed by atoms with Crippen molar-refractivity contribution in [3.8, 4) is 0 Å². The number of hydrogen-bond acceptors (Lipinski definition) is 7. The summed E-state index contributed by atoms with van der Waals surface area (Å²) in [7, 11) is -2.60. The second kappa shape index (κ2) is 6.35. The quantitative estimate of drug-likeness (QED) is 0.491. The van der Waals surface area contributed by atoms with Gasteiger partial charge in [-0.05, 0) is 19.1 Å². The van der Waals surface area contributed by atoms with Crippen LogP contribution in [0.25, 0.3) is 0 Å². The molecule has 1 aliphatic heterocycles. The molecule has 0 radical (unpaired) electrons. The summed E-state index contributed by atoms with van der Waals surface area (Å²) in [6.07, 6.45) is -1.35. The Morgan fingerprint density at radius 1 is 1.33 bits per heavy atom. The van der Waals surface area contributed by atoms with Crippen molar-refractivity contribution in [1.82, 2.24) is 0 Å². The average molecular weight is 332 g/mol. The number of carbonyl (C=O) groups is 1. The molecule has 0 amide bonds. The molecule has 1 aromatic rings. The van der Waals surface area contributed by atoms with E-state index in [4.69, 9.17) is 8.92 Å². The molecule has 0 saturated carbocycles. The van der Waals surface area contributed by atoms with Gasteiger partial charge in [0.15, 0.2) is 6.10 Å². The molecule has 0 aromatic heterocycles. The Kier molecular flexibility index (Phi) is 4.92. The Morgan fingerprint density at radius 3 is 2.48 bits per heavy atom. The van der Waals surface area contributed by atoms with Gasteiger partial charge in [0.2, 0.25) is 0 Å². The lowest BCUT2D eigenvalue weighted by molar-refractivity contribution is -0.182. The van der Waals surface area contributed by atoms with Crippen LogP contribution in [0.4, 0.5) is 0 Å². The van der Waals surface area contributed by atoms with Crippen molar-refractivity contribution in [2.24, 2.45) is 0 Å². The lowest BCUT2D eigenvalue weighted by atomic mass is 10.1. The van der Waals surface area contributed by atoms with Crippen molar-refractivity contribution in [3.05, 3.63) is 29.8 Å². The first-order valence-electron chi connectivity index (χ1n) is 6.22. The molecule has 1 aromatic carbocycles. The molecule has 0 spiro atoms. The molecule has 3 atom stereocenters. The van der Waals surface area contributed by atoms with Crippen LogP contribution < -0.4 is 0 Å². The molecule has 0 N–H and O–H groups in total. The number of benzene rings is 1. The molecule has 0 aliphatic carbocycles. The van der Waals surface area contributed by atoms with Crippen LogP contribution in [-0.4, -0.2) is 45.6 Å². The monoisotopic (exact) mass is 332 g/mol. The van der Waals surface area contributed by atoms with E-state index in [1.165, 1.54) is 19.2 Å². The van der Waals surface area contributed by atoms with Gasteiger partial charge in [-0.1, -0.05) is 17.7 Å². The van der Waals surface area contributed by atoms with Gasteiger partial charge in [0.1, 0.15) is 0 Å². The summed E-state index contributed by atoms with van der Waals surface area (Å²) in [5.74, 6) is -0.535. The highest BCUT2D eigenvalue weighted by Crippen LogP contribution is 2.28. The van der Waals surface area contributed by atoms with Crippen LogP contribution in [0.15, 0.2) is 29.2 Å². The lowest BCUT2D eigenvalue weighted by Crippen LogP contribution is -2.57. The maximum absolute atomic E-state index is 12.0. The Morgan fingerprint density at radius 2 is 1.95 bits per heavy atom. The minimum Gasteiger partial charge on any atom is -0.467 e. The van der Waals surface area contributed by atoms with E-state index in [2.05, 4.69) is 17.4 Å². The fraction of sp³-hybridized carbons (Fsp3) is 0.462. The molecule has 116 valence electrons. The molecule has 21 heavy (non-hydrogen) atoms. The van der Waals surface area contributed by atoms with E-state index in [9.17, 15) is 13.2 Å². The molecular weight excluding hydrogens is 316 g/mol. The third kappa shape index (κ3) is 3.57. The lowest BCUT2D eigenvalue weighted by Gasteiger charge is -2.39. The van der Waals surface area contributed by atoms with E-state index >= 15 is 0 Å². The molecule has 8 heteroatoms. The van der Waals surface area contributed by atoms with E-state index in [1.54, 1.807) is 12.1 Å². The summed E-state index contributed by atoms with van der Waals surface area (Å²) in [4.78, 5) is 11.3. The van der Waals surface area contributed by atoms with Crippen LogP contribution >= 0.6 is 12.6 Å². The van der Waals surface area contributed by atoms with Crippen molar-refractivity contribution in [2.75, 3.05) is 13.7 Å². The number of rotatable bonds is 5. The van der Waals surface area contributed by atoms with Crippen LogP contribution in [0.2, 0.25) is 0 Å². The topological polar surface area (TPSA) is 78.9 Å². The number of carbonyl (C=O) groups excluding carboxylic acids is 1. The maximum Gasteiger partial charge on any atom is 0.336 e. The number of esters is 1. The molecule has 6 nitrogen and oxygen atoms in total. The van der Waals surface area contributed by atoms with E-state index in [1.807, 2.05) is 6.92 Å². The molecule has 1 fully saturated rings. The van der Waals surface area contributed by atoms with Gasteiger partial charge >= 0.3 is 5.97 Å². The third-order valence-corrected chi connectivity index (χ3v) is 5.04. The van der Waals surface area contributed by atoms with Crippen LogP contribution in [-0.2, 0) is 28.6 Å². The van der Waals surface area contributed by atoms with E-state index < -0.39 is 33.5 Å². The Hall–Kier alpha value is -1.09. The van der Waals surface area contributed by atoms with Crippen molar-refractivity contribution < 1.29 is 26.9 Å². The first kappa shape index (κ1) is 16.3. The van der Waals surface area contributed by atoms with E-state index in [0.717, 1.165) is 5.56 Å². The van der Waals surface area contributed by atoms with Crippen molar-refractivity contribution in [1.29, 1.82) is 0 Å². The summed E-state index contributed by atoms with van der Waals surface area (Å²) >= 11 is 4.20. The largest absolute Gasteiger partial charge is 0.467 e. The normalized spacial score (nSPS) is 25.2. The minimum absolute atomic E-state index is 0.0765. The molecule has 0 bridgehead atoms. The standard InChI is InChI=1S/C13H16O6S2/c1-8-3-5-9(6-4-8)21(15,16)18-7-10-12(20)11(19-10)13(14)17-2/h3-6,10-12,20H,7H2,1-2H3/t10-,11+,12-/m1/s1. The van der Waals surface area contributed by atoms with Gasteiger partial charge in [-0.15, -0.1) is 0 Å². The predicted molar refractivity (Wildman–Crippen MR) is 77.8 cm³/mol. The van der Waals surface area contributed by atoms with E-state index in [-0.39, 0.29) is 11.5 Å². The highest BCUT2D eigenvalue weighted by atomic mass is 32.2. The SMILES string of the molecule is COC(=O)[C@H]1O[C@H](COS(=O)(=O)c2ccc(C)cc2)[C@H]1S. The van der Waals surface area contributed by atoms with E-state index in [0.29, 0.717) is 0 Å². The highest BCUT2D eigenvalue weighted by molar-refractivity contribution is 7.86. The number of aryl methyl sites for hydroxylation is 1. The van der Waals surface area contributed by atoms with Crippen LogP contribution in [0.3, 0.4) is 0 Å². The molecule has 0 unspecified atom stereocenters. The third-order valence-electron chi connectivity index (χ3n) is 3.14. The zero-order valence-corrected chi connectivity index (χ0v) is 13.3. The number of hydrogen-bond donors (Lipinski definition) is 1. The highest BCUT2D eigenvalue weighted by Gasteiger charge is 2.46. The van der Waals surface area contributed by atoms with Crippen LogP contribution in [0.1, 0.15) is 5.56 Å². The van der Waals surface area contributed by atoms with Gasteiger partial charge in [0, 0.05) is 0 Å². The summed E-state index contributed by atoms with van der Waals surface area (Å²) < 4.78 is 38.6. The molecule has 1 saturated heterocycles. The summed E-state index contributed by atoms with van der Waals surface area (Å²) in [5, 5.41) is -0.453. The number of ether oxygens (including phenoxy) is 2. The smallest absolute Gasteiger partial charge is 0.336 e. The van der Waals surface area contributed by atoms with Gasteiger partial charge < -0.3 is 9.47 Å². The first-order valence-corrected chi connectivity index (χ1v) is 8.15. The molecule has 1 heterocycles. The average Bonchev–Trinajstić information content (AvgIpc) is 2.45. The van der Waals surface area contributed by atoms with Crippen molar-refractivity contribution >= 4 is 28.7 Å². The molecule has 1 aliphatic rings. The summed E-state index contributed by atoms with van der Waals surface area (Å²) in [5.41, 5.74) is 0.951. The molecular formula is C13H16O6S2. The van der Waals surface area contributed by atoms with Gasteiger partial charge in [-0.25, -0.2) is 4.79 Å². The van der Waals surface area contributed by atoms with Gasteiger partial charge in [-0.2, -0.15) is 21.0 Å². The van der Waals surface area contributed by atoms with Crippen LogP contribution in [0, 0.1) is 6.92 Å².